The maximum absolute atomic E-state index is 11.5. The summed E-state index contributed by atoms with van der Waals surface area (Å²) in [6.07, 6.45) is -0.543. The summed E-state index contributed by atoms with van der Waals surface area (Å²) in [4.78, 5) is 23.7. The first kappa shape index (κ1) is 13.3. The van der Waals surface area contributed by atoms with Crippen molar-refractivity contribution in [2.24, 2.45) is 0 Å². The predicted molar refractivity (Wildman–Crippen MR) is 67.9 cm³/mol. The molecule has 90 valence electrons. The first-order chi connectivity index (χ1) is 8.13. The smallest absolute Gasteiger partial charge is 0.410 e. The maximum Gasteiger partial charge on any atom is 0.410 e. The van der Waals surface area contributed by atoms with E-state index < -0.39 is 6.09 Å². The third kappa shape index (κ3) is 4.74. The van der Waals surface area contributed by atoms with E-state index in [2.05, 4.69) is 12.2 Å². The lowest BCUT2D eigenvalue weighted by Crippen LogP contribution is -2.32. The number of likely N-dealkylation sites (N-methyl/N-ethyl adjacent to an activating group) is 1. The number of benzene rings is 1. The van der Waals surface area contributed by atoms with Crippen molar-refractivity contribution in [1.29, 1.82) is 0 Å². The van der Waals surface area contributed by atoms with Crippen LogP contribution in [0.15, 0.2) is 30.3 Å². The van der Waals surface area contributed by atoms with Crippen molar-refractivity contribution in [3.8, 4) is 0 Å². The van der Waals surface area contributed by atoms with Gasteiger partial charge in [-0.25, -0.2) is 4.79 Å². The van der Waals surface area contributed by atoms with Crippen LogP contribution in [0.4, 0.5) is 4.79 Å². The summed E-state index contributed by atoms with van der Waals surface area (Å²) in [6.45, 7) is 0.132. The van der Waals surface area contributed by atoms with Crippen LogP contribution in [0.5, 0.6) is 0 Å². The first-order valence-corrected chi connectivity index (χ1v) is 5.50. The van der Waals surface area contributed by atoms with E-state index in [1.807, 2.05) is 30.3 Å². The highest BCUT2D eigenvalue weighted by molar-refractivity contribution is 7.80. The van der Waals surface area contributed by atoms with E-state index in [0.717, 1.165) is 10.9 Å². The Morgan fingerprint density at radius 3 is 2.59 bits per heavy atom. The maximum atomic E-state index is 11.5. The molecule has 0 saturated heterocycles. The van der Waals surface area contributed by atoms with Crippen molar-refractivity contribution in [2.75, 3.05) is 13.6 Å². The number of carbonyl (C=O) groups is 2. The minimum absolute atomic E-state index is 0.0584. The van der Waals surface area contributed by atoms with Gasteiger partial charge in [0.25, 0.3) is 0 Å². The fourth-order valence-electron chi connectivity index (χ4n) is 1.17. The SMILES string of the molecule is CN(CC(=O)C=S)C(=O)OCc1ccccc1. The molecule has 0 aliphatic heterocycles. The third-order valence-corrected chi connectivity index (χ3v) is 2.30. The number of carbonyl (C=O) groups excluding carboxylic acids is 2. The standard InChI is InChI=1S/C12H13NO3S/c1-13(7-11(14)9-17)12(15)16-8-10-5-3-2-4-6-10/h2-6,9H,7-8H2,1H3. The van der Waals surface area contributed by atoms with Crippen LogP contribution in [0.25, 0.3) is 0 Å². The number of thiocarbonyl (C=S) groups is 1. The Morgan fingerprint density at radius 2 is 2.00 bits per heavy atom. The van der Waals surface area contributed by atoms with Gasteiger partial charge in [0.2, 0.25) is 0 Å². The number of amides is 1. The average molecular weight is 251 g/mol. The van der Waals surface area contributed by atoms with Gasteiger partial charge in [0.15, 0.2) is 5.78 Å². The second-order valence-electron chi connectivity index (χ2n) is 3.48. The second-order valence-corrected chi connectivity index (χ2v) is 3.72. The van der Waals surface area contributed by atoms with Crippen LogP contribution in [0.2, 0.25) is 0 Å². The van der Waals surface area contributed by atoms with Crippen LogP contribution in [0.3, 0.4) is 0 Å². The Balaban J connectivity index is 2.39. The highest BCUT2D eigenvalue weighted by atomic mass is 32.1. The minimum Gasteiger partial charge on any atom is -0.445 e. The van der Waals surface area contributed by atoms with Crippen LogP contribution in [0.1, 0.15) is 5.56 Å². The summed E-state index contributed by atoms with van der Waals surface area (Å²) in [5, 5.41) is 1.01. The zero-order chi connectivity index (χ0) is 12.7. The summed E-state index contributed by atoms with van der Waals surface area (Å²) in [7, 11) is 1.49. The molecule has 0 aliphatic rings. The molecule has 0 fully saturated rings. The van der Waals surface area contributed by atoms with Gasteiger partial charge in [-0.2, -0.15) is 0 Å². The van der Waals surface area contributed by atoms with Crippen molar-refractivity contribution in [3.05, 3.63) is 35.9 Å². The van der Waals surface area contributed by atoms with Gasteiger partial charge < -0.3 is 9.64 Å². The Bertz CT molecular complexity index is 405. The van der Waals surface area contributed by atoms with E-state index in [9.17, 15) is 9.59 Å². The minimum atomic E-state index is -0.543. The highest BCUT2D eigenvalue weighted by Crippen LogP contribution is 2.02. The average Bonchev–Trinajstić information content (AvgIpc) is 2.36. The number of hydrogen-bond donors (Lipinski definition) is 0. The van der Waals surface area contributed by atoms with E-state index in [1.54, 1.807) is 0 Å². The predicted octanol–water partition coefficient (Wildman–Crippen LogP) is 1.82. The van der Waals surface area contributed by atoms with E-state index in [4.69, 9.17) is 4.74 Å². The molecule has 0 atom stereocenters. The molecule has 0 aromatic heterocycles. The molecule has 0 saturated carbocycles. The summed E-state index contributed by atoms with van der Waals surface area (Å²) in [5.74, 6) is -0.292. The molecule has 0 unspecified atom stereocenters. The quantitative estimate of drug-likeness (QED) is 0.749. The Labute approximate surface area is 105 Å². The summed E-state index contributed by atoms with van der Waals surface area (Å²) < 4.78 is 5.02. The van der Waals surface area contributed by atoms with Crippen molar-refractivity contribution < 1.29 is 14.3 Å². The van der Waals surface area contributed by atoms with Crippen LogP contribution in [-0.4, -0.2) is 35.7 Å². The van der Waals surface area contributed by atoms with E-state index in [0.29, 0.717) is 0 Å². The van der Waals surface area contributed by atoms with Gasteiger partial charge in [0.05, 0.1) is 6.54 Å². The zero-order valence-corrected chi connectivity index (χ0v) is 10.3. The molecule has 1 rings (SSSR count). The monoisotopic (exact) mass is 251 g/mol. The molecular weight excluding hydrogens is 238 g/mol. The van der Waals surface area contributed by atoms with Gasteiger partial charge in [-0.05, 0) is 5.56 Å². The second kappa shape index (κ2) is 6.75. The molecule has 17 heavy (non-hydrogen) atoms. The Morgan fingerprint density at radius 1 is 1.35 bits per heavy atom. The molecule has 0 aliphatic carbocycles. The van der Waals surface area contributed by atoms with Gasteiger partial charge in [-0.1, -0.05) is 42.5 Å². The van der Waals surface area contributed by atoms with Crippen LogP contribution in [0, 0.1) is 0 Å². The number of ketones is 1. The van der Waals surface area contributed by atoms with Gasteiger partial charge in [-0.15, -0.1) is 0 Å². The van der Waals surface area contributed by atoms with E-state index in [-0.39, 0.29) is 18.9 Å². The molecular formula is C12H13NO3S. The number of Topliss-reactive ketones (excluding diaryl/α,β-unsaturated/α-hetero) is 1. The first-order valence-electron chi connectivity index (χ1n) is 5.03. The molecule has 1 aromatic carbocycles. The molecule has 4 nitrogen and oxygen atoms in total. The zero-order valence-electron chi connectivity index (χ0n) is 9.46. The Kier molecular flexibility index (Phi) is 5.29. The lowest BCUT2D eigenvalue weighted by Gasteiger charge is -2.15. The van der Waals surface area contributed by atoms with Gasteiger partial charge in [0, 0.05) is 12.4 Å². The number of rotatable bonds is 5. The molecule has 0 N–H and O–H groups in total. The van der Waals surface area contributed by atoms with Crippen molar-refractivity contribution in [2.45, 2.75) is 6.61 Å². The largest absolute Gasteiger partial charge is 0.445 e. The third-order valence-electron chi connectivity index (χ3n) is 2.04. The summed E-state index contributed by atoms with van der Waals surface area (Å²) in [6, 6.07) is 9.32. The Hall–Kier alpha value is -1.75. The molecule has 0 radical (unpaired) electrons. The van der Waals surface area contributed by atoms with Crippen LogP contribution in [-0.2, 0) is 16.1 Å². The molecule has 0 heterocycles. The fourth-order valence-corrected chi connectivity index (χ4v) is 1.24. The van der Waals surface area contributed by atoms with E-state index in [1.165, 1.54) is 11.9 Å². The number of hydrogen-bond acceptors (Lipinski definition) is 4. The topological polar surface area (TPSA) is 46.6 Å². The van der Waals surface area contributed by atoms with Gasteiger partial charge >= 0.3 is 6.09 Å². The van der Waals surface area contributed by atoms with Crippen molar-refractivity contribution in [1.82, 2.24) is 4.90 Å². The lowest BCUT2D eigenvalue weighted by molar-refractivity contribution is -0.113. The van der Waals surface area contributed by atoms with Gasteiger partial charge in [-0.3, -0.25) is 4.79 Å². The molecule has 5 heteroatoms. The van der Waals surface area contributed by atoms with E-state index >= 15 is 0 Å². The molecule has 1 amide bonds. The van der Waals surface area contributed by atoms with Crippen molar-refractivity contribution in [3.63, 3.8) is 0 Å². The summed E-state index contributed by atoms with van der Waals surface area (Å²) >= 11 is 4.47. The molecule has 0 spiro atoms. The highest BCUT2D eigenvalue weighted by Gasteiger charge is 2.12. The normalized spacial score (nSPS) is 9.47. The van der Waals surface area contributed by atoms with Crippen LogP contribution >= 0.6 is 12.2 Å². The molecule has 1 aromatic rings. The fraction of sp³-hybridized carbons (Fsp3) is 0.250. The van der Waals surface area contributed by atoms with Crippen molar-refractivity contribution >= 4 is 29.5 Å². The molecule has 0 bridgehead atoms. The summed E-state index contributed by atoms with van der Waals surface area (Å²) in [5.41, 5.74) is 0.899. The lowest BCUT2D eigenvalue weighted by atomic mass is 10.2. The number of ether oxygens (including phenoxy) is 1. The van der Waals surface area contributed by atoms with Crippen LogP contribution < -0.4 is 0 Å². The van der Waals surface area contributed by atoms with Gasteiger partial charge in [0.1, 0.15) is 6.61 Å². The number of nitrogens with zero attached hydrogens (tertiary/aromatic N) is 1.